The second-order valence-electron chi connectivity index (χ2n) is 4.43. The minimum Gasteiger partial charge on any atom is -0.376 e. The Morgan fingerprint density at radius 1 is 1.29 bits per heavy atom. The predicted molar refractivity (Wildman–Crippen MR) is 72.3 cm³/mol. The van der Waals surface area contributed by atoms with Gasteiger partial charge in [-0.3, -0.25) is 0 Å². The summed E-state index contributed by atoms with van der Waals surface area (Å²) in [6.07, 6.45) is -4.49. The minimum atomic E-state index is -4.49. The SMILES string of the molecule is C=C(C)COCCNS(=O)(=O)c1ccc(C(F)(F)F)cc1. The molecule has 0 bridgehead atoms. The number of benzene rings is 1. The number of hydrogen-bond acceptors (Lipinski definition) is 3. The van der Waals surface area contributed by atoms with E-state index in [-0.39, 0.29) is 18.0 Å². The van der Waals surface area contributed by atoms with Crippen molar-refractivity contribution in [3.05, 3.63) is 42.0 Å². The zero-order valence-corrected chi connectivity index (χ0v) is 12.2. The second kappa shape index (κ2) is 7.06. The maximum absolute atomic E-state index is 12.4. The number of hydrogen-bond donors (Lipinski definition) is 1. The van der Waals surface area contributed by atoms with Gasteiger partial charge in [0.15, 0.2) is 0 Å². The van der Waals surface area contributed by atoms with E-state index >= 15 is 0 Å². The molecule has 1 aromatic rings. The van der Waals surface area contributed by atoms with Gasteiger partial charge in [-0.1, -0.05) is 12.2 Å². The largest absolute Gasteiger partial charge is 0.416 e. The second-order valence-corrected chi connectivity index (χ2v) is 6.20. The molecule has 8 heteroatoms. The lowest BCUT2D eigenvalue weighted by molar-refractivity contribution is -0.137. The molecule has 0 aliphatic rings. The predicted octanol–water partition coefficient (Wildman–Crippen LogP) is 2.58. The molecule has 0 atom stereocenters. The zero-order valence-electron chi connectivity index (χ0n) is 11.4. The van der Waals surface area contributed by atoms with Gasteiger partial charge in [0.1, 0.15) is 0 Å². The van der Waals surface area contributed by atoms with Gasteiger partial charge in [-0.05, 0) is 31.2 Å². The van der Waals surface area contributed by atoms with Crippen LogP contribution in [0.15, 0.2) is 41.3 Å². The summed E-state index contributed by atoms with van der Waals surface area (Å²) in [6.45, 7) is 5.88. The van der Waals surface area contributed by atoms with Crippen LogP contribution < -0.4 is 4.72 Å². The molecule has 0 unspecified atom stereocenters. The van der Waals surface area contributed by atoms with Crippen LogP contribution in [0, 0.1) is 0 Å². The summed E-state index contributed by atoms with van der Waals surface area (Å²) < 4.78 is 68.1. The summed E-state index contributed by atoms with van der Waals surface area (Å²) in [5.41, 5.74) is -0.0909. The smallest absolute Gasteiger partial charge is 0.376 e. The molecule has 0 fully saturated rings. The highest BCUT2D eigenvalue weighted by atomic mass is 32.2. The van der Waals surface area contributed by atoms with Crippen molar-refractivity contribution in [3.8, 4) is 0 Å². The fourth-order valence-electron chi connectivity index (χ4n) is 1.40. The van der Waals surface area contributed by atoms with Crippen LogP contribution in [0.25, 0.3) is 0 Å². The molecule has 0 saturated heterocycles. The summed E-state index contributed by atoms with van der Waals surface area (Å²) in [6, 6.07) is 3.29. The minimum absolute atomic E-state index is 0.0244. The Kier molecular flexibility index (Phi) is 5.94. The number of rotatable bonds is 7. The first-order chi connectivity index (χ1) is 9.63. The van der Waals surface area contributed by atoms with Crippen molar-refractivity contribution < 1.29 is 26.3 Å². The maximum atomic E-state index is 12.4. The molecular formula is C13H16F3NO3S. The van der Waals surface area contributed by atoms with Crippen molar-refractivity contribution in [2.24, 2.45) is 0 Å². The normalized spacial score (nSPS) is 12.4. The Hall–Kier alpha value is -1.38. The molecule has 0 aliphatic carbocycles. The van der Waals surface area contributed by atoms with Gasteiger partial charge in [-0.25, -0.2) is 13.1 Å². The summed E-state index contributed by atoms with van der Waals surface area (Å²) in [5.74, 6) is 0. The van der Waals surface area contributed by atoms with E-state index in [4.69, 9.17) is 4.74 Å². The van der Waals surface area contributed by atoms with Crippen LogP contribution >= 0.6 is 0 Å². The van der Waals surface area contributed by atoms with Gasteiger partial charge in [0.05, 0.1) is 23.7 Å². The standard InChI is InChI=1S/C13H16F3NO3S/c1-10(2)9-20-8-7-17-21(18,19)12-5-3-11(4-6-12)13(14,15)16/h3-6,17H,1,7-9H2,2H3. The van der Waals surface area contributed by atoms with E-state index in [1.54, 1.807) is 6.92 Å². The topological polar surface area (TPSA) is 55.4 Å². The van der Waals surface area contributed by atoms with Crippen molar-refractivity contribution >= 4 is 10.0 Å². The van der Waals surface area contributed by atoms with E-state index < -0.39 is 21.8 Å². The molecule has 0 saturated carbocycles. The van der Waals surface area contributed by atoms with Crippen molar-refractivity contribution in [1.82, 2.24) is 4.72 Å². The average molecular weight is 323 g/mol. The third-order valence-electron chi connectivity index (χ3n) is 2.38. The van der Waals surface area contributed by atoms with E-state index in [2.05, 4.69) is 11.3 Å². The lowest BCUT2D eigenvalue weighted by Gasteiger charge is -2.09. The highest BCUT2D eigenvalue weighted by Gasteiger charge is 2.30. The van der Waals surface area contributed by atoms with Crippen LogP contribution in [0.1, 0.15) is 12.5 Å². The lowest BCUT2D eigenvalue weighted by atomic mass is 10.2. The van der Waals surface area contributed by atoms with Gasteiger partial charge in [0.25, 0.3) is 0 Å². The summed E-state index contributed by atoms with van der Waals surface area (Å²) in [4.78, 5) is -0.226. The summed E-state index contributed by atoms with van der Waals surface area (Å²) in [5, 5.41) is 0. The maximum Gasteiger partial charge on any atom is 0.416 e. The number of halogens is 3. The van der Waals surface area contributed by atoms with Crippen molar-refractivity contribution in [1.29, 1.82) is 0 Å². The van der Waals surface area contributed by atoms with Crippen LogP contribution in [-0.2, 0) is 20.9 Å². The highest BCUT2D eigenvalue weighted by molar-refractivity contribution is 7.89. The average Bonchev–Trinajstić information content (AvgIpc) is 2.37. The van der Waals surface area contributed by atoms with Crippen molar-refractivity contribution in [3.63, 3.8) is 0 Å². The monoisotopic (exact) mass is 323 g/mol. The molecule has 21 heavy (non-hydrogen) atoms. The quantitative estimate of drug-likeness (QED) is 0.620. The molecule has 0 aromatic heterocycles. The van der Waals surface area contributed by atoms with Crippen LogP contribution in [0.5, 0.6) is 0 Å². The van der Waals surface area contributed by atoms with E-state index in [9.17, 15) is 21.6 Å². The Labute approximate surface area is 121 Å². The summed E-state index contributed by atoms with van der Waals surface area (Å²) in [7, 11) is -3.84. The number of sulfonamides is 1. The molecule has 0 amide bonds. The molecule has 0 aliphatic heterocycles. The molecular weight excluding hydrogens is 307 g/mol. The molecule has 4 nitrogen and oxygen atoms in total. The molecule has 118 valence electrons. The molecule has 1 N–H and O–H groups in total. The van der Waals surface area contributed by atoms with Crippen LogP contribution in [0.3, 0.4) is 0 Å². The lowest BCUT2D eigenvalue weighted by Crippen LogP contribution is -2.27. The number of alkyl halides is 3. The molecule has 1 aromatic carbocycles. The Balaban J connectivity index is 2.60. The van der Waals surface area contributed by atoms with Gasteiger partial charge in [-0.15, -0.1) is 0 Å². The van der Waals surface area contributed by atoms with Crippen LogP contribution in [0.2, 0.25) is 0 Å². The molecule has 1 rings (SSSR count). The first-order valence-corrected chi connectivity index (χ1v) is 7.50. The number of nitrogens with one attached hydrogen (secondary N) is 1. The Morgan fingerprint density at radius 2 is 1.86 bits per heavy atom. The number of ether oxygens (including phenoxy) is 1. The fourth-order valence-corrected chi connectivity index (χ4v) is 2.41. The zero-order chi connectivity index (χ0) is 16.1. The van der Waals surface area contributed by atoms with Crippen molar-refractivity contribution in [2.75, 3.05) is 19.8 Å². The van der Waals surface area contributed by atoms with E-state index in [1.807, 2.05) is 0 Å². The molecule has 0 heterocycles. The Morgan fingerprint density at radius 3 is 2.33 bits per heavy atom. The van der Waals surface area contributed by atoms with Gasteiger partial charge in [0, 0.05) is 6.54 Å². The first kappa shape index (κ1) is 17.7. The van der Waals surface area contributed by atoms with Gasteiger partial charge in [0.2, 0.25) is 10.0 Å². The molecule has 0 radical (unpaired) electrons. The Bertz CT molecular complexity index is 580. The van der Waals surface area contributed by atoms with Crippen LogP contribution in [0.4, 0.5) is 13.2 Å². The van der Waals surface area contributed by atoms with E-state index in [0.717, 1.165) is 29.8 Å². The fraction of sp³-hybridized carbons (Fsp3) is 0.385. The van der Waals surface area contributed by atoms with E-state index in [1.165, 1.54) is 0 Å². The third-order valence-corrected chi connectivity index (χ3v) is 3.86. The highest BCUT2D eigenvalue weighted by Crippen LogP contribution is 2.29. The van der Waals surface area contributed by atoms with Gasteiger partial charge in [-0.2, -0.15) is 13.2 Å². The first-order valence-electron chi connectivity index (χ1n) is 6.02. The van der Waals surface area contributed by atoms with E-state index in [0.29, 0.717) is 6.61 Å². The third kappa shape index (κ3) is 5.86. The molecule has 0 spiro atoms. The summed E-state index contributed by atoms with van der Waals surface area (Å²) >= 11 is 0. The van der Waals surface area contributed by atoms with Crippen molar-refractivity contribution in [2.45, 2.75) is 18.0 Å². The van der Waals surface area contributed by atoms with Gasteiger partial charge >= 0.3 is 6.18 Å². The van der Waals surface area contributed by atoms with Gasteiger partial charge < -0.3 is 4.74 Å². The van der Waals surface area contributed by atoms with Crippen LogP contribution in [-0.4, -0.2) is 28.2 Å².